The molecule has 4 nitrogen and oxygen atoms in total. The van der Waals surface area contributed by atoms with E-state index in [0.29, 0.717) is 5.56 Å². The van der Waals surface area contributed by atoms with Crippen LogP contribution in [-0.4, -0.2) is 22.0 Å². The van der Waals surface area contributed by atoms with Crippen LogP contribution in [0.3, 0.4) is 0 Å². The van der Waals surface area contributed by atoms with E-state index < -0.39 is 11.3 Å². The summed E-state index contributed by atoms with van der Waals surface area (Å²) >= 11 is 5.81. The van der Waals surface area contributed by atoms with E-state index in [4.69, 9.17) is 21.8 Å². The zero-order valence-electron chi connectivity index (χ0n) is 8.61. The van der Waals surface area contributed by atoms with Gasteiger partial charge in [-0.2, -0.15) is 0 Å². The zero-order chi connectivity index (χ0) is 12.3. The van der Waals surface area contributed by atoms with E-state index in [1.807, 2.05) is 0 Å². The average Bonchev–Trinajstić information content (AvgIpc) is 2.26. The van der Waals surface area contributed by atoms with Gasteiger partial charge >= 0.3 is 5.97 Å². The van der Waals surface area contributed by atoms with E-state index >= 15 is 0 Å². The predicted molar refractivity (Wildman–Crippen MR) is 58.6 cm³/mol. The molecular formula is C11H11ClO4. The van der Waals surface area contributed by atoms with Gasteiger partial charge in [0, 0.05) is 0 Å². The van der Waals surface area contributed by atoms with Gasteiger partial charge in [-0.05, 0) is 24.1 Å². The molecule has 1 rings (SSSR count). The first-order valence-corrected chi connectivity index (χ1v) is 5.02. The van der Waals surface area contributed by atoms with Crippen molar-refractivity contribution >= 4 is 23.4 Å². The number of hydrogen-bond donors (Lipinski definition) is 2. The third kappa shape index (κ3) is 2.59. The Morgan fingerprint density at radius 1 is 1.44 bits per heavy atom. The van der Waals surface area contributed by atoms with E-state index in [1.54, 1.807) is 6.07 Å². The van der Waals surface area contributed by atoms with Gasteiger partial charge in [0.25, 0.3) is 0 Å². The Morgan fingerprint density at radius 2 is 2.06 bits per heavy atom. The molecule has 86 valence electrons. The van der Waals surface area contributed by atoms with Gasteiger partial charge in [0.1, 0.15) is 5.38 Å². The first-order chi connectivity index (χ1) is 7.47. The van der Waals surface area contributed by atoms with Crippen molar-refractivity contribution in [1.82, 2.24) is 0 Å². The normalized spacial score (nSPS) is 12.2. The molecule has 0 spiro atoms. The molecule has 0 saturated carbocycles. The summed E-state index contributed by atoms with van der Waals surface area (Å²) in [5.41, 5.74) is 0.661. The molecule has 1 unspecified atom stereocenters. The number of halogens is 1. The minimum absolute atomic E-state index is 0.0539. The lowest BCUT2D eigenvalue weighted by Gasteiger charge is -2.10. The lowest BCUT2D eigenvalue weighted by atomic mass is 10.00. The molecule has 1 aromatic rings. The number of Topliss-reactive ketones (excluding diaryl/α,β-unsaturated/α-hetero) is 1. The fourth-order valence-electron chi connectivity index (χ4n) is 1.33. The smallest absolute Gasteiger partial charge is 0.336 e. The minimum atomic E-state index is -1.17. The average molecular weight is 243 g/mol. The summed E-state index contributed by atoms with van der Waals surface area (Å²) in [6, 6.07) is 4.31. The molecule has 0 aliphatic carbocycles. The second-order valence-corrected chi connectivity index (χ2v) is 3.79. The number of aliphatic hydroxyl groups is 1. The molecule has 0 fully saturated rings. The highest BCUT2D eigenvalue weighted by Crippen LogP contribution is 2.26. The topological polar surface area (TPSA) is 74.6 Å². The van der Waals surface area contributed by atoms with Crippen LogP contribution in [0.4, 0.5) is 0 Å². The van der Waals surface area contributed by atoms with Crippen LogP contribution in [0.5, 0.6) is 0 Å². The first kappa shape index (κ1) is 12.7. The Morgan fingerprint density at radius 3 is 2.50 bits per heavy atom. The zero-order valence-corrected chi connectivity index (χ0v) is 9.36. The van der Waals surface area contributed by atoms with E-state index in [0.717, 1.165) is 0 Å². The maximum Gasteiger partial charge on any atom is 0.336 e. The van der Waals surface area contributed by atoms with Gasteiger partial charge in [-0.1, -0.05) is 12.1 Å². The highest BCUT2D eigenvalue weighted by Gasteiger charge is 2.20. The van der Waals surface area contributed by atoms with Crippen molar-refractivity contribution in [2.24, 2.45) is 0 Å². The summed E-state index contributed by atoms with van der Waals surface area (Å²) < 4.78 is 0. The quantitative estimate of drug-likeness (QED) is 0.789. The molecule has 0 aliphatic rings. The van der Waals surface area contributed by atoms with E-state index in [2.05, 4.69) is 0 Å². The number of carboxylic acid groups (broad SMARTS) is 1. The minimum Gasteiger partial charge on any atom is -0.478 e. The number of ketones is 1. The second-order valence-electron chi connectivity index (χ2n) is 3.36. The summed E-state index contributed by atoms with van der Waals surface area (Å²) in [7, 11) is 0. The Hall–Kier alpha value is -1.39. The van der Waals surface area contributed by atoms with Gasteiger partial charge in [0.2, 0.25) is 0 Å². The number of benzene rings is 1. The van der Waals surface area contributed by atoms with Gasteiger partial charge in [0.15, 0.2) is 5.78 Å². The molecule has 0 aliphatic heterocycles. The highest BCUT2D eigenvalue weighted by atomic mass is 35.5. The molecule has 5 heteroatoms. The van der Waals surface area contributed by atoms with E-state index in [-0.39, 0.29) is 23.5 Å². The molecular weight excluding hydrogens is 232 g/mol. The summed E-state index contributed by atoms with van der Waals surface area (Å²) in [6.45, 7) is 1.04. The number of aliphatic hydroxyl groups excluding tert-OH is 1. The van der Waals surface area contributed by atoms with Crippen LogP contribution in [0.2, 0.25) is 0 Å². The Kier molecular flexibility index (Phi) is 4.04. The number of carbonyl (C=O) groups excluding carboxylic acids is 1. The lowest BCUT2D eigenvalue weighted by Crippen LogP contribution is -2.10. The Bertz CT molecular complexity index is 428. The Labute approximate surface area is 97.5 Å². The van der Waals surface area contributed by atoms with Gasteiger partial charge < -0.3 is 10.2 Å². The summed E-state index contributed by atoms with van der Waals surface area (Å²) in [5.74, 6) is -1.49. The third-order valence-corrected chi connectivity index (χ3v) is 2.70. The largest absolute Gasteiger partial charge is 0.478 e. The number of hydrogen-bond acceptors (Lipinski definition) is 3. The van der Waals surface area contributed by atoms with Crippen LogP contribution in [-0.2, 0) is 11.4 Å². The molecule has 0 saturated heterocycles. The SMILES string of the molecule is CC(=O)C(Cl)c1ccc(CO)cc1C(=O)O. The van der Waals surface area contributed by atoms with Crippen LogP contribution in [0.15, 0.2) is 18.2 Å². The van der Waals surface area contributed by atoms with Crippen LogP contribution < -0.4 is 0 Å². The van der Waals surface area contributed by atoms with Crippen LogP contribution in [0, 0.1) is 0 Å². The molecule has 0 amide bonds. The van der Waals surface area contributed by atoms with Gasteiger partial charge in [-0.25, -0.2) is 4.79 Å². The van der Waals surface area contributed by atoms with Crippen molar-refractivity contribution in [1.29, 1.82) is 0 Å². The molecule has 0 bridgehead atoms. The maximum absolute atomic E-state index is 11.1. The first-order valence-electron chi connectivity index (χ1n) is 4.59. The molecule has 2 N–H and O–H groups in total. The number of aromatic carboxylic acids is 1. The standard InChI is InChI=1S/C11H11ClO4/c1-6(14)10(12)8-3-2-7(5-13)4-9(8)11(15)16/h2-4,10,13H,5H2,1H3,(H,15,16). The van der Waals surface area contributed by atoms with Gasteiger partial charge in [-0.15, -0.1) is 11.6 Å². The van der Waals surface area contributed by atoms with Crippen LogP contribution in [0.1, 0.15) is 33.8 Å². The van der Waals surface area contributed by atoms with Gasteiger partial charge in [0.05, 0.1) is 12.2 Å². The molecule has 0 radical (unpaired) electrons. The van der Waals surface area contributed by atoms with Crippen molar-refractivity contribution in [3.8, 4) is 0 Å². The molecule has 0 aromatic heterocycles. The summed E-state index contributed by atoms with van der Waals surface area (Å²) in [5, 5.41) is 16.9. The van der Waals surface area contributed by atoms with Crippen molar-refractivity contribution in [3.63, 3.8) is 0 Å². The van der Waals surface area contributed by atoms with Crippen LogP contribution in [0.25, 0.3) is 0 Å². The molecule has 1 atom stereocenters. The lowest BCUT2D eigenvalue weighted by molar-refractivity contribution is -0.116. The molecule has 1 aromatic carbocycles. The van der Waals surface area contributed by atoms with Crippen molar-refractivity contribution in [2.45, 2.75) is 18.9 Å². The molecule has 16 heavy (non-hydrogen) atoms. The summed E-state index contributed by atoms with van der Waals surface area (Å²) in [6.07, 6.45) is 0. The number of carbonyl (C=O) groups is 2. The van der Waals surface area contributed by atoms with Crippen molar-refractivity contribution in [3.05, 3.63) is 34.9 Å². The maximum atomic E-state index is 11.1. The molecule has 0 heterocycles. The number of carboxylic acids is 1. The summed E-state index contributed by atoms with van der Waals surface area (Å²) in [4.78, 5) is 22.1. The van der Waals surface area contributed by atoms with E-state index in [1.165, 1.54) is 19.1 Å². The monoisotopic (exact) mass is 242 g/mol. The van der Waals surface area contributed by atoms with Crippen molar-refractivity contribution < 1.29 is 19.8 Å². The third-order valence-electron chi connectivity index (χ3n) is 2.16. The fourth-order valence-corrected chi connectivity index (χ4v) is 1.52. The number of rotatable bonds is 4. The van der Waals surface area contributed by atoms with E-state index in [9.17, 15) is 9.59 Å². The number of alkyl halides is 1. The van der Waals surface area contributed by atoms with Crippen molar-refractivity contribution in [2.75, 3.05) is 0 Å². The van der Waals surface area contributed by atoms with Crippen LogP contribution >= 0.6 is 11.6 Å². The fraction of sp³-hybridized carbons (Fsp3) is 0.273. The van der Waals surface area contributed by atoms with Gasteiger partial charge in [-0.3, -0.25) is 4.79 Å². The second kappa shape index (κ2) is 5.09. The Balaban J connectivity index is 3.28. The highest BCUT2D eigenvalue weighted by molar-refractivity contribution is 6.31. The predicted octanol–water partition coefficient (Wildman–Crippen LogP) is 1.75.